The highest BCUT2D eigenvalue weighted by molar-refractivity contribution is 7.91. The van der Waals surface area contributed by atoms with Crippen molar-refractivity contribution in [2.24, 2.45) is 11.1 Å². The Kier molecular flexibility index (Phi) is 4.68. The lowest BCUT2D eigenvalue weighted by molar-refractivity contribution is -0.141. The third kappa shape index (κ3) is 4.54. The normalized spacial score (nSPS) is 18.0. The monoisotopic (exact) mass is 311 g/mol. The Morgan fingerprint density at radius 3 is 2.48 bits per heavy atom. The standard InChI is InChI=1S/C15H21NO4S/c1-20-14(17)9-15(7-8-15)11-21(18,19)10-13(16)12-5-3-2-4-6-12/h2-6,13H,7-11,16H2,1H3. The molecule has 1 fully saturated rings. The zero-order valence-electron chi connectivity index (χ0n) is 12.1. The van der Waals surface area contributed by atoms with Crippen molar-refractivity contribution in [2.45, 2.75) is 25.3 Å². The van der Waals surface area contributed by atoms with Gasteiger partial charge in [0.15, 0.2) is 9.84 Å². The van der Waals surface area contributed by atoms with E-state index in [9.17, 15) is 13.2 Å². The molecule has 5 nitrogen and oxygen atoms in total. The van der Waals surface area contributed by atoms with E-state index >= 15 is 0 Å². The lowest BCUT2D eigenvalue weighted by Gasteiger charge is -2.17. The van der Waals surface area contributed by atoms with E-state index in [1.807, 2.05) is 30.3 Å². The van der Waals surface area contributed by atoms with E-state index in [0.29, 0.717) is 0 Å². The van der Waals surface area contributed by atoms with E-state index in [1.54, 1.807) is 0 Å². The number of nitrogens with two attached hydrogens (primary N) is 1. The molecule has 1 aromatic rings. The quantitative estimate of drug-likeness (QED) is 0.770. The van der Waals surface area contributed by atoms with Crippen LogP contribution in [0.5, 0.6) is 0 Å². The summed E-state index contributed by atoms with van der Waals surface area (Å²) in [5, 5.41) is 0. The molecule has 116 valence electrons. The number of hydrogen-bond donors (Lipinski definition) is 1. The molecule has 1 aromatic carbocycles. The van der Waals surface area contributed by atoms with Crippen LogP contribution in [-0.2, 0) is 19.4 Å². The molecule has 1 unspecified atom stereocenters. The number of rotatable bonds is 7. The third-order valence-corrected chi connectivity index (χ3v) is 5.81. The Hall–Kier alpha value is -1.40. The van der Waals surface area contributed by atoms with Gasteiger partial charge in [-0.15, -0.1) is 0 Å². The number of carbonyl (C=O) groups excluding carboxylic acids is 1. The van der Waals surface area contributed by atoms with E-state index in [-0.39, 0.29) is 23.9 Å². The van der Waals surface area contributed by atoms with E-state index in [4.69, 9.17) is 5.73 Å². The van der Waals surface area contributed by atoms with Gasteiger partial charge in [-0.25, -0.2) is 8.42 Å². The van der Waals surface area contributed by atoms with Gasteiger partial charge in [-0.3, -0.25) is 4.79 Å². The predicted molar refractivity (Wildman–Crippen MR) is 80.3 cm³/mol. The van der Waals surface area contributed by atoms with Gasteiger partial charge < -0.3 is 10.5 Å². The van der Waals surface area contributed by atoms with Gasteiger partial charge in [-0.1, -0.05) is 30.3 Å². The molecule has 1 aliphatic carbocycles. The van der Waals surface area contributed by atoms with Crippen molar-refractivity contribution in [2.75, 3.05) is 18.6 Å². The minimum Gasteiger partial charge on any atom is -0.469 e. The molecule has 0 heterocycles. The van der Waals surface area contributed by atoms with Gasteiger partial charge in [-0.2, -0.15) is 0 Å². The summed E-state index contributed by atoms with van der Waals surface area (Å²) >= 11 is 0. The topological polar surface area (TPSA) is 86.5 Å². The first-order chi connectivity index (χ1) is 9.86. The summed E-state index contributed by atoms with van der Waals surface area (Å²) in [4.78, 5) is 11.4. The Bertz CT molecular complexity index is 593. The highest BCUT2D eigenvalue weighted by atomic mass is 32.2. The maximum absolute atomic E-state index is 12.3. The molecule has 21 heavy (non-hydrogen) atoms. The second kappa shape index (κ2) is 6.15. The number of methoxy groups -OCH3 is 1. The molecule has 0 spiro atoms. The van der Waals surface area contributed by atoms with Crippen LogP contribution in [0, 0.1) is 5.41 Å². The van der Waals surface area contributed by atoms with Gasteiger partial charge in [0.1, 0.15) is 0 Å². The number of benzene rings is 1. The molecule has 2 rings (SSSR count). The summed E-state index contributed by atoms with van der Waals surface area (Å²) in [7, 11) is -1.99. The van der Waals surface area contributed by atoms with Crippen LogP contribution in [-0.4, -0.2) is 33.0 Å². The summed E-state index contributed by atoms with van der Waals surface area (Å²) in [5.74, 6) is -0.440. The summed E-state index contributed by atoms with van der Waals surface area (Å²) in [6, 6.07) is 8.64. The van der Waals surface area contributed by atoms with Gasteiger partial charge in [-0.05, 0) is 23.8 Å². The maximum Gasteiger partial charge on any atom is 0.306 e. The van der Waals surface area contributed by atoms with Crippen molar-refractivity contribution in [3.8, 4) is 0 Å². The minimum absolute atomic E-state index is 0.00956. The molecule has 0 bridgehead atoms. The van der Waals surface area contributed by atoms with Gasteiger partial charge in [0, 0.05) is 6.04 Å². The zero-order valence-corrected chi connectivity index (χ0v) is 12.9. The molecule has 0 aromatic heterocycles. The van der Waals surface area contributed by atoms with Crippen LogP contribution < -0.4 is 5.73 Å². The first kappa shape index (κ1) is 16.0. The molecule has 0 saturated heterocycles. The van der Waals surface area contributed by atoms with Gasteiger partial charge in [0.05, 0.1) is 25.0 Å². The van der Waals surface area contributed by atoms with E-state index < -0.39 is 21.3 Å². The van der Waals surface area contributed by atoms with Crippen molar-refractivity contribution in [3.63, 3.8) is 0 Å². The van der Waals surface area contributed by atoms with E-state index in [2.05, 4.69) is 4.74 Å². The molecule has 0 radical (unpaired) electrons. The predicted octanol–water partition coefficient (Wildman–Crippen LogP) is 1.44. The van der Waals surface area contributed by atoms with Crippen molar-refractivity contribution < 1.29 is 17.9 Å². The van der Waals surface area contributed by atoms with Crippen LogP contribution in [0.2, 0.25) is 0 Å². The fraction of sp³-hybridized carbons (Fsp3) is 0.533. The molecule has 2 N–H and O–H groups in total. The molecule has 1 atom stereocenters. The molecular weight excluding hydrogens is 290 g/mol. The Morgan fingerprint density at radius 1 is 1.33 bits per heavy atom. The number of hydrogen-bond acceptors (Lipinski definition) is 5. The van der Waals surface area contributed by atoms with Gasteiger partial charge in [0.2, 0.25) is 0 Å². The molecule has 0 amide bonds. The molecule has 6 heteroatoms. The lowest BCUT2D eigenvalue weighted by Crippen LogP contribution is -2.28. The van der Waals surface area contributed by atoms with Crippen LogP contribution in [0.25, 0.3) is 0 Å². The molecule has 1 aliphatic rings. The van der Waals surface area contributed by atoms with Crippen molar-refractivity contribution in [1.82, 2.24) is 0 Å². The first-order valence-electron chi connectivity index (χ1n) is 6.94. The zero-order chi connectivity index (χ0) is 15.5. The smallest absolute Gasteiger partial charge is 0.306 e. The summed E-state index contributed by atoms with van der Waals surface area (Å²) in [6.07, 6.45) is 1.67. The fourth-order valence-electron chi connectivity index (χ4n) is 2.52. The highest BCUT2D eigenvalue weighted by Gasteiger charge is 2.48. The van der Waals surface area contributed by atoms with Crippen LogP contribution in [0.15, 0.2) is 30.3 Å². The first-order valence-corrected chi connectivity index (χ1v) is 8.76. The van der Waals surface area contributed by atoms with Crippen molar-refractivity contribution in [1.29, 1.82) is 0 Å². The Labute approximate surface area is 125 Å². The van der Waals surface area contributed by atoms with Crippen LogP contribution >= 0.6 is 0 Å². The number of carbonyl (C=O) groups is 1. The maximum atomic E-state index is 12.3. The largest absolute Gasteiger partial charge is 0.469 e. The highest BCUT2D eigenvalue weighted by Crippen LogP contribution is 2.50. The third-order valence-electron chi connectivity index (χ3n) is 3.89. The minimum atomic E-state index is -3.31. The van der Waals surface area contributed by atoms with Gasteiger partial charge in [0.25, 0.3) is 0 Å². The van der Waals surface area contributed by atoms with Gasteiger partial charge >= 0.3 is 5.97 Å². The summed E-state index contributed by atoms with van der Waals surface area (Å²) in [6.45, 7) is 0. The second-order valence-corrected chi connectivity index (χ2v) is 7.93. The average Bonchev–Trinajstić information content (AvgIpc) is 3.17. The van der Waals surface area contributed by atoms with E-state index in [0.717, 1.165) is 18.4 Å². The Morgan fingerprint density at radius 2 is 1.95 bits per heavy atom. The summed E-state index contributed by atoms with van der Waals surface area (Å²) < 4.78 is 29.2. The number of ether oxygens (including phenoxy) is 1. The van der Waals surface area contributed by atoms with E-state index in [1.165, 1.54) is 7.11 Å². The average molecular weight is 311 g/mol. The molecular formula is C15H21NO4S. The van der Waals surface area contributed by atoms with Crippen LogP contribution in [0.3, 0.4) is 0 Å². The number of esters is 1. The SMILES string of the molecule is COC(=O)CC1(CS(=O)(=O)CC(N)c2ccccc2)CC1. The van der Waals surface area contributed by atoms with Crippen LogP contribution in [0.1, 0.15) is 30.9 Å². The van der Waals surface area contributed by atoms with Crippen molar-refractivity contribution in [3.05, 3.63) is 35.9 Å². The number of sulfone groups is 1. The molecule has 1 saturated carbocycles. The lowest BCUT2D eigenvalue weighted by atomic mass is 10.1. The molecule has 0 aliphatic heterocycles. The van der Waals surface area contributed by atoms with Crippen LogP contribution in [0.4, 0.5) is 0 Å². The second-order valence-electron chi connectivity index (χ2n) is 5.82. The van der Waals surface area contributed by atoms with Crippen molar-refractivity contribution >= 4 is 15.8 Å². The fourth-order valence-corrected chi connectivity index (χ4v) is 4.70. The Balaban J connectivity index is 1.98. The summed E-state index contributed by atoms with van der Waals surface area (Å²) in [5.41, 5.74) is 6.35.